The third kappa shape index (κ3) is 5.23. The zero-order chi connectivity index (χ0) is 26.1. The number of anilines is 2. The molecule has 1 aliphatic heterocycles. The number of hydrogen-bond acceptors (Lipinski definition) is 9. The number of ether oxygens (including phenoxy) is 1. The molecule has 0 radical (unpaired) electrons. The molecule has 1 aromatic carbocycles. The Morgan fingerprint density at radius 2 is 2.06 bits per heavy atom. The molecule has 4 rings (SSSR count). The second kappa shape index (κ2) is 10.4. The second-order valence-electron chi connectivity index (χ2n) is 8.80. The molecule has 192 valence electrons. The van der Waals surface area contributed by atoms with E-state index in [1.54, 1.807) is 43.5 Å². The number of aromatic nitrogens is 3. The monoisotopic (exact) mass is 553 g/mol. The first-order valence-electron chi connectivity index (χ1n) is 11.1. The topological polar surface area (TPSA) is 131 Å². The van der Waals surface area contributed by atoms with Crippen LogP contribution in [-0.2, 0) is 24.9 Å². The van der Waals surface area contributed by atoms with Gasteiger partial charge in [0.25, 0.3) is 0 Å². The van der Waals surface area contributed by atoms with Crippen molar-refractivity contribution in [1.29, 1.82) is 0 Å². The maximum Gasteiger partial charge on any atom is 0.457 e. The van der Waals surface area contributed by atoms with E-state index < -0.39 is 25.2 Å². The summed E-state index contributed by atoms with van der Waals surface area (Å²) in [6.07, 6.45) is 0.878. The van der Waals surface area contributed by atoms with Gasteiger partial charge in [0.1, 0.15) is 22.6 Å². The minimum atomic E-state index is -4.15. The molecule has 1 fully saturated rings. The highest BCUT2D eigenvalue weighted by molar-refractivity contribution is 7.52. The number of nitrogen functional groups attached to an aromatic ring is 1. The number of carbonyl (C=O) groups is 1. The van der Waals surface area contributed by atoms with Crippen LogP contribution in [0.4, 0.5) is 11.6 Å². The molecule has 3 N–H and O–H groups in total. The van der Waals surface area contributed by atoms with Crippen LogP contribution in [0.5, 0.6) is 0 Å². The number of nitrogens with one attached hydrogen (secondary N) is 1. The Morgan fingerprint density at radius 3 is 2.72 bits per heavy atom. The van der Waals surface area contributed by atoms with E-state index >= 15 is 0 Å². The average Bonchev–Trinajstić information content (AvgIpc) is 3.18. The lowest BCUT2D eigenvalue weighted by molar-refractivity contribution is -0.0303. The van der Waals surface area contributed by atoms with Crippen molar-refractivity contribution in [3.63, 3.8) is 0 Å². The number of nitrogens with two attached hydrogens (primary N) is 1. The van der Waals surface area contributed by atoms with E-state index in [1.807, 2.05) is 19.9 Å². The van der Waals surface area contributed by atoms with Gasteiger partial charge in [0.2, 0.25) is 0 Å². The molecule has 3 aromatic rings. The third-order valence-electron chi connectivity index (χ3n) is 5.60. The van der Waals surface area contributed by atoms with Crippen molar-refractivity contribution >= 4 is 48.6 Å². The molecule has 1 aliphatic rings. The molecule has 0 bridgehead atoms. The Labute approximate surface area is 218 Å². The van der Waals surface area contributed by atoms with Crippen LogP contribution in [0.2, 0.25) is 10.2 Å². The summed E-state index contributed by atoms with van der Waals surface area (Å²) in [7, 11) is -4.15. The van der Waals surface area contributed by atoms with Gasteiger partial charge in [0.05, 0.1) is 13.2 Å². The third-order valence-corrected chi connectivity index (χ3v) is 7.87. The van der Waals surface area contributed by atoms with E-state index in [0.717, 1.165) is 10.0 Å². The summed E-state index contributed by atoms with van der Waals surface area (Å²) in [6, 6.07) is 10.5. The Morgan fingerprint density at radius 1 is 1.31 bits per heavy atom. The van der Waals surface area contributed by atoms with Crippen LogP contribution >= 0.6 is 30.9 Å². The Hall–Kier alpha value is -2.62. The molecule has 2 unspecified atom stereocenters. The summed E-state index contributed by atoms with van der Waals surface area (Å²) in [5.41, 5.74) is 7.05. The van der Waals surface area contributed by atoms with Gasteiger partial charge in [0.15, 0.2) is 5.82 Å². The SMILES string of the molecule is CCOC(=O)c1c(NCc2ccc(Cl)nc2)nn(P2(=O)OCC(C)(C)C(c3ccccc3Cl)O2)c1N. The number of hydrogen-bond donors (Lipinski definition) is 2. The molecule has 0 amide bonds. The van der Waals surface area contributed by atoms with E-state index in [-0.39, 0.29) is 37.0 Å². The molecule has 2 aromatic heterocycles. The molecule has 13 heteroatoms. The summed E-state index contributed by atoms with van der Waals surface area (Å²) in [4.78, 5) is 16.8. The summed E-state index contributed by atoms with van der Waals surface area (Å²) >= 11 is 12.3. The molecule has 0 saturated carbocycles. The van der Waals surface area contributed by atoms with Gasteiger partial charge in [-0.15, -0.1) is 9.55 Å². The molecule has 3 heterocycles. The number of carbonyl (C=O) groups excluding carboxylic acids is 1. The van der Waals surface area contributed by atoms with Gasteiger partial charge >= 0.3 is 13.7 Å². The van der Waals surface area contributed by atoms with E-state index in [9.17, 15) is 9.36 Å². The first-order chi connectivity index (χ1) is 17.1. The Balaban J connectivity index is 1.72. The average molecular weight is 554 g/mol. The van der Waals surface area contributed by atoms with Crippen LogP contribution in [0.3, 0.4) is 0 Å². The summed E-state index contributed by atoms with van der Waals surface area (Å²) in [6.45, 7) is 5.89. The predicted octanol–water partition coefficient (Wildman–Crippen LogP) is 5.73. The van der Waals surface area contributed by atoms with Gasteiger partial charge in [-0.25, -0.2) is 14.3 Å². The van der Waals surface area contributed by atoms with Crippen molar-refractivity contribution in [3.8, 4) is 0 Å². The number of esters is 1. The van der Waals surface area contributed by atoms with Crippen molar-refractivity contribution in [3.05, 3.63) is 69.5 Å². The first-order valence-corrected chi connectivity index (χ1v) is 13.4. The molecule has 10 nitrogen and oxygen atoms in total. The molecule has 0 aliphatic carbocycles. The van der Waals surface area contributed by atoms with Crippen LogP contribution < -0.4 is 11.1 Å². The van der Waals surface area contributed by atoms with Crippen molar-refractivity contribution < 1.29 is 23.1 Å². The minimum Gasteiger partial charge on any atom is -0.462 e. The fourth-order valence-corrected chi connectivity index (χ4v) is 6.06. The van der Waals surface area contributed by atoms with Gasteiger partial charge in [0, 0.05) is 28.7 Å². The van der Waals surface area contributed by atoms with Crippen LogP contribution in [-0.4, -0.2) is 33.7 Å². The summed E-state index contributed by atoms with van der Waals surface area (Å²) in [5, 5.41) is 8.16. The van der Waals surface area contributed by atoms with E-state index in [0.29, 0.717) is 15.7 Å². The molecule has 2 atom stereocenters. The maximum atomic E-state index is 14.0. The standard InChI is InChI=1S/C23H26Cl2N5O5P/c1-4-33-22(31)18-20(26)30(29-21(18)28-12-14-9-10-17(25)27-11-14)36(32)34-13-23(2,3)19(35-36)15-7-5-6-8-16(15)24/h5-11,19H,4,12-13,26H2,1-3H3,(H,28,29). The molecular formula is C23H26Cl2N5O5P. The fraction of sp³-hybridized carbons (Fsp3) is 0.348. The largest absolute Gasteiger partial charge is 0.462 e. The van der Waals surface area contributed by atoms with E-state index in [2.05, 4.69) is 15.4 Å². The van der Waals surface area contributed by atoms with Crippen LogP contribution in [0, 0.1) is 5.41 Å². The minimum absolute atomic E-state index is 0.0578. The Bertz CT molecular complexity index is 1310. The van der Waals surface area contributed by atoms with Crippen molar-refractivity contribution in [2.75, 3.05) is 24.3 Å². The van der Waals surface area contributed by atoms with Gasteiger partial charge in [-0.3, -0.25) is 9.05 Å². The van der Waals surface area contributed by atoms with Gasteiger partial charge in [-0.05, 0) is 24.6 Å². The highest BCUT2D eigenvalue weighted by Crippen LogP contribution is 2.63. The van der Waals surface area contributed by atoms with Crippen LogP contribution in [0.15, 0.2) is 42.6 Å². The predicted molar refractivity (Wildman–Crippen MR) is 137 cm³/mol. The van der Waals surface area contributed by atoms with Gasteiger partial charge in [-0.1, -0.05) is 61.3 Å². The number of rotatable bonds is 7. The van der Waals surface area contributed by atoms with Crippen molar-refractivity contribution in [2.24, 2.45) is 5.41 Å². The number of halogens is 2. The highest BCUT2D eigenvalue weighted by Gasteiger charge is 2.49. The number of nitrogens with zero attached hydrogens (tertiary/aromatic N) is 3. The summed E-state index contributed by atoms with van der Waals surface area (Å²) in [5.74, 6) is -0.891. The Kier molecular flexibility index (Phi) is 7.64. The van der Waals surface area contributed by atoms with Crippen LogP contribution in [0.1, 0.15) is 48.4 Å². The van der Waals surface area contributed by atoms with Crippen LogP contribution in [0.25, 0.3) is 0 Å². The van der Waals surface area contributed by atoms with Crippen molar-refractivity contribution in [1.82, 2.24) is 14.5 Å². The second-order valence-corrected chi connectivity index (χ2v) is 11.4. The van der Waals surface area contributed by atoms with E-state index in [4.69, 9.17) is 42.7 Å². The lowest BCUT2D eigenvalue weighted by Crippen LogP contribution is -2.35. The van der Waals surface area contributed by atoms with Gasteiger partial charge < -0.3 is 15.8 Å². The normalized spacial score (nSPS) is 21.2. The number of benzene rings is 1. The maximum absolute atomic E-state index is 14.0. The molecule has 0 spiro atoms. The lowest BCUT2D eigenvalue weighted by atomic mass is 9.83. The summed E-state index contributed by atoms with van der Waals surface area (Å²) < 4.78 is 31.9. The highest BCUT2D eigenvalue weighted by atomic mass is 35.5. The quantitative estimate of drug-likeness (QED) is 0.214. The number of pyridine rings is 1. The smallest absolute Gasteiger partial charge is 0.457 e. The van der Waals surface area contributed by atoms with Gasteiger partial charge in [-0.2, -0.15) is 0 Å². The lowest BCUT2D eigenvalue weighted by Gasteiger charge is -2.41. The fourth-order valence-electron chi connectivity index (χ4n) is 3.73. The molecule has 36 heavy (non-hydrogen) atoms. The molecular weight excluding hydrogens is 528 g/mol. The zero-order valence-corrected chi connectivity index (χ0v) is 22.3. The first kappa shape index (κ1) is 26.4. The van der Waals surface area contributed by atoms with E-state index in [1.165, 1.54) is 0 Å². The van der Waals surface area contributed by atoms with Crippen molar-refractivity contribution in [2.45, 2.75) is 33.4 Å². The zero-order valence-electron chi connectivity index (χ0n) is 19.9. The molecule has 1 saturated heterocycles.